The van der Waals surface area contributed by atoms with Gasteiger partial charge in [0.2, 0.25) is 0 Å². The highest BCUT2D eigenvalue weighted by Crippen LogP contribution is 2.33. The van der Waals surface area contributed by atoms with Gasteiger partial charge in [-0.05, 0) is 25.1 Å². The van der Waals surface area contributed by atoms with Crippen molar-refractivity contribution in [2.24, 2.45) is 0 Å². The van der Waals surface area contributed by atoms with Crippen LogP contribution >= 0.6 is 22.9 Å². The highest BCUT2D eigenvalue weighted by molar-refractivity contribution is 7.09. The normalized spacial score (nSPS) is 12.5. The van der Waals surface area contributed by atoms with Gasteiger partial charge >= 0.3 is 0 Å². The Morgan fingerprint density at radius 3 is 2.82 bits per heavy atom. The minimum absolute atomic E-state index is 0.563. The van der Waals surface area contributed by atoms with Crippen molar-refractivity contribution in [1.82, 2.24) is 4.98 Å². The molecule has 0 amide bonds. The largest absolute Gasteiger partial charge is 0.496 e. The van der Waals surface area contributed by atoms with Crippen molar-refractivity contribution in [1.29, 1.82) is 0 Å². The van der Waals surface area contributed by atoms with Gasteiger partial charge in [0.05, 0.1) is 7.11 Å². The number of benzene rings is 1. The molecule has 1 N–H and O–H groups in total. The van der Waals surface area contributed by atoms with Crippen LogP contribution in [0.3, 0.4) is 0 Å². The number of halogens is 1. The topological polar surface area (TPSA) is 42.4 Å². The maximum absolute atomic E-state index is 10.3. The van der Waals surface area contributed by atoms with Crippen LogP contribution in [0.15, 0.2) is 23.6 Å². The number of ether oxygens (including phenoxy) is 1. The van der Waals surface area contributed by atoms with E-state index in [1.54, 1.807) is 25.3 Å². The van der Waals surface area contributed by atoms with Crippen molar-refractivity contribution in [3.05, 3.63) is 44.9 Å². The van der Waals surface area contributed by atoms with E-state index in [1.165, 1.54) is 11.3 Å². The summed E-state index contributed by atoms with van der Waals surface area (Å²) in [4.78, 5) is 4.26. The number of rotatable bonds is 3. The molecule has 1 atom stereocenters. The molecule has 0 aliphatic carbocycles. The summed E-state index contributed by atoms with van der Waals surface area (Å²) in [6, 6.07) is 5.16. The van der Waals surface area contributed by atoms with E-state index in [1.807, 2.05) is 12.3 Å². The molecular weight excluding hydrogens is 258 g/mol. The van der Waals surface area contributed by atoms with Crippen molar-refractivity contribution in [2.75, 3.05) is 7.11 Å². The van der Waals surface area contributed by atoms with E-state index in [4.69, 9.17) is 16.3 Å². The Balaban J connectivity index is 2.42. The molecule has 3 nitrogen and oxygen atoms in total. The first-order valence-corrected chi connectivity index (χ1v) is 6.31. The maximum Gasteiger partial charge on any atom is 0.134 e. The van der Waals surface area contributed by atoms with Gasteiger partial charge in [-0.25, -0.2) is 4.98 Å². The summed E-state index contributed by atoms with van der Waals surface area (Å²) in [5.74, 6) is 0.606. The molecule has 1 aromatic carbocycles. The third kappa shape index (κ3) is 2.60. The van der Waals surface area contributed by atoms with Gasteiger partial charge in [-0.3, -0.25) is 0 Å². The van der Waals surface area contributed by atoms with Crippen molar-refractivity contribution >= 4 is 22.9 Å². The van der Waals surface area contributed by atoms with Crippen LogP contribution in [0, 0.1) is 6.92 Å². The molecular formula is C12H12ClNO2S. The molecule has 17 heavy (non-hydrogen) atoms. The molecule has 0 aliphatic heterocycles. The average molecular weight is 270 g/mol. The molecule has 1 heterocycles. The Bertz CT molecular complexity index is 527. The Hall–Kier alpha value is -1.10. The van der Waals surface area contributed by atoms with Gasteiger partial charge in [0.15, 0.2) is 0 Å². The Kier molecular flexibility index (Phi) is 3.66. The first kappa shape index (κ1) is 12.4. The summed E-state index contributed by atoms with van der Waals surface area (Å²) >= 11 is 7.34. The summed E-state index contributed by atoms with van der Waals surface area (Å²) in [5, 5.41) is 13.4. The lowest BCUT2D eigenvalue weighted by Crippen LogP contribution is -2.02. The number of thiazole rings is 1. The number of methoxy groups -OCH3 is 1. The molecule has 1 unspecified atom stereocenters. The summed E-state index contributed by atoms with van der Waals surface area (Å²) in [6.07, 6.45) is -0.803. The fraction of sp³-hybridized carbons (Fsp3) is 0.250. The van der Waals surface area contributed by atoms with Gasteiger partial charge in [0, 0.05) is 21.7 Å². The Morgan fingerprint density at radius 2 is 2.24 bits per heavy atom. The zero-order chi connectivity index (χ0) is 12.4. The van der Waals surface area contributed by atoms with Crippen LogP contribution in [-0.4, -0.2) is 17.2 Å². The minimum atomic E-state index is -0.803. The van der Waals surface area contributed by atoms with Gasteiger partial charge < -0.3 is 9.84 Å². The number of aromatic nitrogens is 1. The smallest absolute Gasteiger partial charge is 0.134 e. The molecule has 0 bridgehead atoms. The van der Waals surface area contributed by atoms with Crippen molar-refractivity contribution in [3.8, 4) is 5.75 Å². The van der Waals surface area contributed by atoms with Crippen LogP contribution < -0.4 is 4.74 Å². The van der Waals surface area contributed by atoms with E-state index in [0.717, 1.165) is 5.69 Å². The van der Waals surface area contributed by atoms with Gasteiger partial charge in [-0.1, -0.05) is 11.6 Å². The van der Waals surface area contributed by atoms with Crippen LogP contribution in [0.2, 0.25) is 5.02 Å². The zero-order valence-corrected chi connectivity index (χ0v) is 11.0. The minimum Gasteiger partial charge on any atom is -0.496 e. The Morgan fingerprint density at radius 1 is 1.47 bits per heavy atom. The number of aryl methyl sites for hydroxylation is 1. The number of aliphatic hydroxyl groups excluding tert-OH is 1. The monoisotopic (exact) mass is 269 g/mol. The molecule has 0 saturated carbocycles. The third-order valence-corrected chi connectivity index (χ3v) is 3.61. The first-order chi connectivity index (χ1) is 8.11. The van der Waals surface area contributed by atoms with E-state index in [2.05, 4.69) is 4.98 Å². The van der Waals surface area contributed by atoms with Crippen LogP contribution in [-0.2, 0) is 0 Å². The maximum atomic E-state index is 10.3. The van der Waals surface area contributed by atoms with E-state index < -0.39 is 6.10 Å². The SMILES string of the molecule is COc1ccc(Cl)cc1C(O)c1nc(C)cs1. The van der Waals surface area contributed by atoms with Gasteiger partial charge in [0.1, 0.15) is 16.9 Å². The predicted molar refractivity (Wildman–Crippen MR) is 68.9 cm³/mol. The second kappa shape index (κ2) is 5.04. The third-order valence-electron chi connectivity index (χ3n) is 2.36. The summed E-state index contributed by atoms with van der Waals surface area (Å²) in [7, 11) is 1.56. The van der Waals surface area contributed by atoms with Gasteiger partial charge in [-0.15, -0.1) is 11.3 Å². The lowest BCUT2D eigenvalue weighted by Gasteiger charge is -2.13. The fourth-order valence-electron chi connectivity index (χ4n) is 1.55. The highest BCUT2D eigenvalue weighted by atomic mass is 35.5. The van der Waals surface area contributed by atoms with E-state index in [0.29, 0.717) is 21.3 Å². The van der Waals surface area contributed by atoms with E-state index in [-0.39, 0.29) is 0 Å². The number of hydrogen-bond donors (Lipinski definition) is 1. The molecule has 0 spiro atoms. The van der Waals surface area contributed by atoms with E-state index in [9.17, 15) is 5.11 Å². The van der Waals surface area contributed by atoms with Crippen LogP contribution in [0.1, 0.15) is 22.4 Å². The van der Waals surface area contributed by atoms with Gasteiger partial charge in [-0.2, -0.15) is 0 Å². The molecule has 2 aromatic rings. The van der Waals surface area contributed by atoms with Crippen molar-refractivity contribution in [2.45, 2.75) is 13.0 Å². The summed E-state index contributed by atoms with van der Waals surface area (Å²) in [5.41, 5.74) is 1.53. The number of hydrogen-bond acceptors (Lipinski definition) is 4. The first-order valence-electron chi connectivity index (χ1n) is 5.05. The van der Waals surface area contributed by atoms with E-state index >= 15 is 0 Å². The zero-order valence-electron chi connectivity index (χ0n) is 9.48. The quantitative estimate of drug-likeness (QED) is 0.930. The summed E-state index contributed by atoms with van der Waals surface area (Å²) in [6.45, 7) is 1.89. The summed E-state index contributed by atoms with van der Waals surface area (Å²) < 4.78 is 5.21. The van der Waals surface area contributed by atoms with Crippen molar-refractivity contribution in [3.63, 3.8) is 0 Å². The van der Waals surface area contributed by atoms with Crippen LogP contribution in [0.5, 0.6) is 5.75 Å². The second-order valence-corrected chi connectivity index (χ2v) is 4.94. The number of aliphatic hydroxyl groups is 1. The predicted octanol–water partition coefficient (Wildman–Crippen LogP) is 3.20. The molecule has 0 aliphatic rings. The molecule has 0 radical (unpaired) electrons. The molecule has 1 aromatic heterocycles. The molecule has 0 saturated heterocycles. The fourth-order valence-corrected chi connectivity index (χ4v) is 2.53. The molecule has 90 valence electrons. The standard InChI is InChI=1S/C12H12ClNO2S/c1-7-6-17-12(14-7)11(15)9-5-8(13)3-4-10(9)16-2/h3-6,11,15H,1-2H3. The second-order valence-electron chi connectivity index (χ2n) is 3.62. The lowest BCUT2D eigenvalue weighted by atomic mass is 10.1. The molecule has 2 rings (SSSR count). The van der Waals surface area contributed by atoms with Crippen LogP contribution in [0.4, 0.5) is 0 Å². The molecule has 5 heteroatoms. The average Bonchev–Trinajstić information content (AvgIpc) is 2.75. The van der Waals surface area contributed by atoms with Gasteiger partial charge in [0.25, 0.3) is 0 Å². The highest BCUT2D eigenvalue weighted by Gasteiger charge is 2.18. The lowest BCUT2D eigenvalue weighted by molar-refractivity contribution is 0.214. The number of nitrogens with zero attached hydrogens (tertiary/aromatic N) is 1. The molecule has 0 fully saturated rings. The van der Waals surface area contributed by atoms with Crippen LogP contribution in [0.25, 0.3) is 0 Å². The Labute approximate surface area is 109 Å². The van der Waals surface area contributed by atoms with Crippen molar-refractivity contribution < 1.29 is 9.84 Å².